The highest BCUT2D eigenvalue weighted by Gasteiger charge is 2.21. The third-order valence-electron chi connectivity index (χ3n) is 8.76. The quantitative estimate of drug-likeness (QED) is 0.0219. The van der Waals surface area contributed by atoms with Crippen molar-refractivity contribution in [1.29, 1.82) is 0 Å². The highest BCUT2D eigenvalue weighted by atomic mass is 32.2. The van der Waals surface area contributed by atoms with Crippen LogP contribution in [0.1, 0.15) is 110 Å². The van der Waals surface area contributed by atoms with Gasteiger partial charge in [-0.1, -0.05) is 38.5 Å². The largest absolute Gasteiger partial charge is 0.495 e. The van der Waals surface area contributed by atoms with Gasteiger partial charge >= 0.3 is 21.7 Å². The first-order valence-corrected chi connectivity index (χ1v) is 28.2. The van der Waals surface area contributed by atoms with Crippen LogP contribution in [0.25, 0.3) is 0 Å². The van der Waals surface area contributed by atoms with Crippen molar-refractivity contribution in [3.8, 4) is 0 Å². The second-order valence-electron chi connectivity index (χ2n) is 14.2. The molecular weight excluding hydrogens is 970 g/mol. The van der Waals surface area contributed by atoms with Crippen LogP contribution in [0, 0.1) is 0 Å². The SMILES string of the molecule is CCOCCOC(=O)N(CCNC(=O)CCCCCNC(=O)CSCCCCCCOP(=O)(O)ON=P)CCNC(=O)CCCCCNC(=O)CSCCCCCCOP(=O)(O)ON=P. The van der Waals surface area contributed by atoms with Crippen molar-refractivity contribution >= 4 is 87.0 Å². The van der Waals surface area contributed by atoms with Gasteiger partial charge in [-0.25, -0.2) is 13.9 Å². The summed E-state index contributed by atoms with van der Waals surface area (Å²) in [5.41, 5.74) is 0. The van der Waals surface area contributed by atoms with Crippen molar-refractivity contribution in [1.82, 2.24) is 26.2 Å². The third kappa shape index (κ3) is 43.3. The van der Waals surface area contributed by atoms with Crippen LogP contribution in [0.5, 0.6) is 0 Å². The van der Waals surface area contributed by atoms with Crippen molar-refractivity contribution in [2.45, 2.75) is 110 Å². The van der Waals surface area contributed by atoms with E-state index in [1.165, 1.54) is 4.90 Å². The van der Waals surface area contributed by atoms with Crippen LogP contribution in [0.2, 0.25) is 0 Å². The fourth-order valence-corrected chi connectivity index (χ4v) is 8.77. The van der Waals surface area contributed by atoms with Gasteiger partial charge in [-0.05, 0) is 69.8 Å². The maximum atomic E-state index is 12.8. The van der Waals surface area contributed by atoms with E-state index < -0.39 is 21.7 Å². The number of nitrogens with zero attached hydrogens (tertiary/aromatic N) is 3. The minimum absolute atomic E-state index is 0.0410. The molecule has 2 unspecified atom stereocenters. The van der Waals surface area contributed by atoms with Gasteiger partial charge in [-0.2, -0.15) is 23.5 Å². The molecule has 0 fully saturated rings. The molecule has 0 aromatic heterocycles. The van der Waals surface area contributed by atoms with E-state index in [2.05, 4.69) is 58.4 Å². The number of phosphoric acid groups is 2. The van der Waals surface area contributed by atoms with Crippen molar-refractivity contribution in [2.75, 3.05) is 95.3 Å². The number of unbranched alkanes of at least 4 members (excludes halogenated alkanes) is 10. The third-order valence-corrected chi connectivity index (χ3v) is 12.9. The first kappa shape index (κ1) is 63.2. The summed E-state index contributed by atoms with van der Waals surface area (Å²) in [7, 11) is -3.11. The molecule has 378 valence electrons. The predicted octanol–water partition coefficient (Wildman–Crippen LogP) is 6.38. The smallest absolute Gasteiger partial charge is 0.447 e. The zero-order chi connectivity index (χ0) is 48.3. The standard InChI is InChI=1S/C37H73N7O15P4S2/c1-2-54-27-28-55-37(49)44(23-21-40-33(45)17-9-7-11-19-38-35(47)31-64-29-15-5-3-13-25-56-62(50,51)58-42-60)24-22-41-34(46)18-10-8-12-20-39-36(48)32-65-30-16-6-4-14-26-57-63(52,53)59-43-61/h60-61H,2-32H2,1H3,(H,38,47)(H,39,48)(H,40,45)(H,41,46)(H,50,51)(H,52,53). The Balaban J connectivity index is 4.08. The number of phosphoric ester groups is 2. The number of rotatable bonds is 46. The van der Waals surface area contributed by atoms with Crippen LogP contribution >= 0.6 is 57.2 Å². The highest BCUT2D eigenvalue weighted by Crippen LogP contribution is 2.44. The Hall–Kier alpha value is -1.77. The molecule has 0 radical (unpaired) electrons. The lowest BCUT2D eigenvalue weighted by Gasteiger charge is -2.22. The van der Waals surface area contributed by atoms with Gasteiger partial charge < -0.3 is 45.4 Å². The van der Waals surface area contributed by atoms with Crippen LogP contribution in [0.4, 0.5) is 4.79 Å². The summed E-state index contributed by atoms with van der Waals surface area (Å²) in [6, 6.07) is 0. The van der Waals surface area contributed by atoms with Crippen LogP contribution in [0.3, 0.4) is 0 Å². The maximum absolute atomic E-state index is 12.8. The first-order valence-electron chi connectivity index (χ1n) is 22.0. The number of carbonyl (C=O) groups is 5. The second-order valence-corrected chi connectivity index (χ2v) is 19.5. The summed E-state index contributed by atoms with van der Waals surface area (Å²) in [6.07, 6.45) is 10.8. The summed E-state index contributed by atoms with van der Waals surface area (Å²) in [5, 5.41) is 11.4. The molecule has 0 heterocycles. The van der Waals surface area contributed by atoms with E-state index in [9.17, 15) is 42.9 Å². The molecule has 0 saturated carbocycles. The molecule has 0 rings (SSSR count). The normalized spacial score (nSPS) is 12.9. The number of carbonyl (C=O) groups excluding carboxylic acids is 5. The monoisotopic (exact) mass is 1040 g/mol. The van der Waals surface area contributed by atoms with Crippen LogP contribution in [-0.4, -0.2) is 140 Å². The molecule has 0 aromatic rings. The average Bonchev–Trinajstić information content (AvgIpc) is 3.25. The summed E-state index contributed by atoms with van der Waals surface area (Å²) < 4.78 is 51.1. The van der Waals surface area contributed by atoms with E-state index in [0.29, 0.717) is 69.7 Å². The lowest BCUT2D eigenvalue weighted by molar-refractivity contribution is -0.121. The summed E-state index contributed by atoms with van der Waals surface area (Å²) in [6.45, 7) is 4.69. The minimum Gasteiger partial charge on any atom is -0.447 e. The Morgan fingerprint density at radius 3 is 1.40 bits per heavy atom. The molecule has 0 spiro atoms. The molecule has 0 aromatic carbocycles. The molecule has 0 saturated heterocycles. The number of hydrogen-bond acceptors (Lipinski definition) is 17. The van der Waals surface area contributed by atoms with E-state index in [1.807, 2.05) is 6.92 Å². The Morgan fingerprint density at radius 1 is 0.554 bits per heavy atom. The Labute approximate surface area is 397 Å². The van der Waals surface area contributed by atoms with Gasteiger partial charge in [-0.15, -0.1) is 19.1 Å². The van der Waals surface area contributed by atoms with E-state index in [4.69, 9.17) is 18.5 Å². The van der Waals surface area contributed by atoms with Gasteiger partial charge in [-0.3, -0.25) is 28.2 Å². The molecule has 0 aliphatic heterocycles. The Morgan fingerprint density at radius 2 is 0.969 bits per heavy atom. The molecule has 0 bridgehead atoms. The van der Waals surface area contributed by atoms with Crippen molar-refractivity contribution in [2.24, 2.45) is 9.82 Å². The summed E-state index contributed by atoms with van der Waals surface area (Å²) in [5.74, 6) is 1.98. The topological polar surface area (TPSA) is 291 Å². The van der Waals surface area contributed by atoms with Gasteiger partial charge in [0, 0.05) is 76.8 Å². The Bertz CT molecular complexity index is 1350. The number of nitrogens with one attached hydrogen (secondary N) is 4. The van der Waals surface area contributed by atoms with Crippen molar-refractivity contribution in [3.05, 3.63) is 0 Å². The molecule has 5 amide bonds. The van der Waals surface area contributed by atoms with E-state index in [1.54, 1.807) is 23.5 Å². The maximum Gasteiger partial charge on any atom is 0.495 e. The molecule has 65 heavy (non-hydrogen) atoms. The summed E-state index contributed by atoms with van der Waals surface area (Å²) >= 11 is 3.09. The lowest BCUT2D eigenvalue weighted by atomic mass is 10.2. The van der Waals surface area contributed by atoms with Gasteiger partial charge in [0.05, 0.1) is 31.3 Å². The second kappa shape index (κ2) is 43.5. The van der Waals surface area contributed by atoms with E-state index in [-0.39, 0.29) is 76.2 Å². The zero-order valence-electron chi connectivity index (χ0n) is 37.7. The predicted molar refractivity (Wildman–Crippen MR) is 255 cm³/mol. The molecule has 22 nitrogen and oxygen atoms in total. The molecule has 0 aliphatic carbocycles. The van der Waals surface area contributed by atoms with E-state index in [0.717, 1.165) is 75.7 Å². The molecule has 6 N–H and O–H groups in total. The molecule has 0 aliphatic rings. The molecular formula is C37H73N7O15P4S2. The van der Waals surface area contributed by atoms with Gasteiger partial charge in [0.2, 0.25) is 23.6 Å². The Kier molecular flexibility index (Phi) is 42.3. The van der Waals surface area contributed by atoms with Crippen molar-refractivity contribution in [3.63, 3.8) is 0 Å². The van der Waals surface area contributed by atoms with Crippen LogP contribution in [0.15, 0.2) is 9.82 Å². The fraction of sp³-hybridized carbons (Fsp3) is 0.865. The number of amides is 5. The number of ether oxygens (including phenoxy) is 2. The first-order chi connectivity index (χ1) is 31.2. The van der Waals surface area contributed by atoms with E-state index >= 15 is 0 Å². The zero-order valence-corrected chi connectivity index (χ0v) is 43.1. The lowest BCUT2D eigenvalue weighted by Crippen LogP contribution is -2.43. The van der Waals surface area contributed by atoms with Crippen LogP contribution in [-0.2, 0) is 56.1 Å². The highest BCUT2D eigenvalue weighted by molar-refractivity contribution is 8.00. The van der Waals surface area contributed by atoms with Gasteiger partial charge in [0.1, 0.15) is 6.61 Å². The van der Waals surface area contributed by atoms with Crippen molar-refractivity contribution < 1.29 is 70.7 Å². The molecule has 28 heteroatoms. The van der Waals surface area contributed by atoms with Gasteiger partial charge in [0.15, 0.2) is 0 Å². The fourth-order valence-electron chi connectivity index (χ4n) is 5.45. The van der Waals surface area contributed by atoms with Crippen LogP contribution < -0.4 is 21.3 Å². The molecule has 2 atom stereocenters. The number of hydrogen-bond donors (Lipinski definition) is 6. The average molecular weight is 1040 g/mol. The van der Waals surface area contributed by atoms with Gasteiger partial charge in [0.25, 0.3) is 0 Å². The summed E-state index contributed by atoms with van der Waals surface area (Å²) in [4.78, 5) is 87.7. The number of thioether (sulfide) groups is 2. The minimum atomic E-state index is -4.14.